The number of hydrogen-bond acceptors (Lipinski definition) is 6. The molecule has 0 unspecified atom stereocenters. The van der Waals surface area contributed by atoms with Crippen LogP contribution < -0.4 is 5.32 Å². The van der Waals surface area contributed by atoms with Crippen LogP contribution in [-0.2, 0) is 17.9 Å². The summed E-state index contributed by atoms with van der Waals surface area (Å²) in [5.74, 6) is 0. The summed E-state index contributed by atoms with van der Waals surface area (Å²) >= 11 is 1.65. The standard InChI is InChI=1S/C12H16N4OS/c1-3-13-6-11-10(7-17-2)16-12(18-11)9-4-5-14-8-15-9/h4-5,8,13H,3,6-7H2,1-2H3. The molecule has 2 heterocycles. The number of aromatic nitrogens is 3. The Morgan fingerprint density at radius 3 is 3.00 bits per heavy atom. The first-order chi connectivity index (χ1) is 8.85. The summed E-state index contributed by atoms with van der Waals surface area (Å²) in [6, 6.07) is 1.87. The van der Waals surface area contributed by atoms with Crippen LogP contribution in [0.2, 0.25) is 0 Å². The lowest BCUT2D eigenvalue weighted by Crippen LogP contribution is -2.12. The van der Waals surface area contributed by atoms with Gasteiger partial charge in [0.15, 0.2) is 0 Å². The summed E-state index contributed by atoms with van der Waals surface area (Å²) in [4.78, 5) is 13.9. The van der Waals surface area contributed by atoms with Gasteiger partial charge in [0.1, 0.15) is 17.0 Å². The number of ether oxygens (including phenoxy) is 1. The molecule has 0 fully saturated rings. The highest BCUT2D eigenvalue weighted by molar-refractivity contribution is 7.15. The molecule has 96 valence electrons. The van der Waals surface area contributed by atoms with Crippen molar-refractivity contribution >= 4 is 11.3 Å². The molecule has 2 aromatic heterocycles. The predicted octanol–water partition coefficient (Wildman–Crippen LogP) is 1.86. The number of rotatable bonds is 6. The third-order valence-corrected chi connectivity index (χ3v) is 3.52. The Morgan fingerprint density at radius 1 is 1.44 bits per heavy atom. The lowest BCUT2D eigenvalue weighted by Gasteiger charge is -2.00. The third-order valence-electron chi connectivity index (χ3n) is 2.40. The zero-order chi connectivity index (χ0) is 12.8. The number of hydrogen-bond donors (Lipinski definition) is 1. The summed E-state index contributed by atoms with van der Waals surface area (Å²) in [7, 11) is 1.68. The highest BCUT2D eigenvalue weighted by atomic mass is 32.1. The molecule has 0 aliphatic heterocycles. The third kappa shape index (κ3) is 3.10. The number of nitrogens with one attached hydrogen (secondary N) is 1. The second-order valence-electron chi connectivity index (χ2n) is 3.70. The minimum Gasteiger partial charge on any atom is -0.378 e. The molecule has 5 nitrogen and oxygen atoms in total. The van der Waals surface area contributed by atoms with Crippen LogP contribution in [0.15, 0.2) is 18.6 Å². The monoisotopic (exact) mass is 264 g/mol. The lowest BCUT2D eigenvalue weighted by molar-refractivity contribution is 0.181. The number of nitrogens with zero attached hydrogens (tertiary/aromatic N) is 3. The molecular formula is C12H16N4OS. The highest BCUT2D eigenvalue weighted by Crippen LogP contribution is 2.26. The Morgan fingerprint density at radius 2 is 2.33 bits per heavy atom. The zero-order valence-corrected chi connectivity index (χ0v) is 11.3. The maximum atomic E-state index is 5.18. The Kier molecular flexibility index (Phi) is 4.74. The van der Waals surface area contributed by atoms with Gasteiger partial charge in [-0.1, -0.05) is 6.92 Å². The molecule has 1 N–H and O–H groups in total. The Labute approximate surface area is 110 Å². The van der Waals surface area contributed by atoms with Gasteiger partial charge in [-0.2, -0.15) is 0 Å². The Balaban J connectivity index is 2.27. The minimum atomic E-state index is 0.530. The first-order valence-corrected chi connectivity index (χ1v) is 6.61. The van der Waals surface area contributed by atoms with Crippen LogP contribution in [0.1, 0.15) is 17.5 Å². The van der Waals surface area contributed by atoms with Crippen molar-refractivity contribution in [3.8, 4) is 10.7 Å². The zero-order valence-electron chi connectivity index (χ0n) is 10.5. The highest BCUT2D eigenvalue weighted by Gasteiger charge is 2.12. The molecule has 0 saturated carbocycles. The van der Waals surface area contributed by atoms with E-state index in [2.05, 4.69) is 27.2 Å². The van der Waals surface area contributed by atoms with Crippen molar-refractivity contribution in [3.63, 3.8) is 0 Å². The van der Waals surface area contributed by atoms with Crippen LogP contribution >= 0.6 is 11.3 Å². The normalized spacial score (nSPS) is 10.8. The second kappa shape index (κ2) is 6.53. The van der Waals surface area contributed by atoms with Gasteiger partial charge >= 0.3 is 0 Å². The van der Waals surface area contributed by atoms with E-state index in [4.69, 9.17) is 4.74 Å². The average molecular weight is 264 g/mol. The van der Waals surface area contributed by atoms with Gasteiger partial charge in [-0.25, -0.2) is 15.0 Å². The second-order valence-corrected chi connectivity index (χ2v) is 4.78. The molecule has 0 aromatic carbocycles. The van der Waals surface area contributed by atoms with Crippen LogP contribution in [0.3, 0.4) is 0 Å². The molecule has 0 spiro atoms. The van der Waals surface area contributed by atoms with E-state index in [1.54, 1.807) is 24.6 Å². The van der Waals surface area contributed by atoms with Crippen molar-refractivity contribution in [1.29, 1.82) is 0 Å². The van der Waals surface area contributed by atoms with Crippen LogP contribution in [0.25, 0.3) is 10.7 Å². The molecule has 6 heteroatoms. The van der Waals surface area contributed by atoms with Gasteiger partial charge in [0.2, 0.25) is 0 Å². The van der Waals surface area contributed by atoms with Crippen molar-refractivity contribution in [1.82, 2.24) is 20.3 Å². The maximum Gasteiger partial charge on any atom is 0.142 e. The van der Waals surface area contributed by atoms with E-state index in [9.17, 15) is 0 Å². The lowest BCUT2D eigenvalue weighted by atomic mass is 10.3. The van der Waals surface area contributed by atoms with Crippen molar-refractivity contribution in [2.45, 2.75) is 20.1 Å². The largest absolute Gasteiger partial charge is 0.378 e. The topological polar surface area (TPSA) is 59.9 Å². The van der Waals surface area contributed by atoms with Gasteiger partial charge < -0.3 is 10.1 Å². The van der Waals surface area contributed by atoms with Crippen LogP contribution in [0.4, 0.5) is 0 Å². The quantitative estimate of drug-likeness (QED) is 0.863. The summed E-state index contributed by atoms with van der Waals surface area (Å²) in [6.07, 6.45) is 3.26. The van der Waals surface area contributed by atoms with Gasteiger partial charge in [-0.3, -0.25) is 0 Å². The summed E-state index contributed by atoms with van der Waals surface area (Å²) < 4.78 is 5.18. The average Bonchev–Trinajstić information content (AvgIpc) is 2.81. The predicted molar refractivity (Wildman–Crippen MR) is 71.2 cm³/mol. The van der Waals surface area contributed by atoms with E-state index in [0.29, 0.717) is 6.61 Å². The number of thiazole rings is 1. The summed E-state index contributed by atoms with van der Waals surface area (Å²) in [5.41, 5.74) is 1.84. The summed E-state index contributed by atoms with van der Waals surface area (Å²) in [6.45, 7) is 4.37. The molecule has 0 saturated heterocycles. The first-order valence-electron chi connectivity index (χ1n) is 5.79. The van der Waals surface area contributed by atoms with E-state index in [1.807, 2.05) is 6.07 Å². The van der Waals surface area contributed by atoms with E-state index >= 15 is 0 Å². The van der Waals surface area contributed by atoms with Crippen LogP contribution in [0.5, 0.6) is 0 Å². The maximum absolute atomic E-state index is 5.18. The fourth-order valence-electron chi connectivity index (χ4n) is 1.54. The molecule has 0 aliphatic rings. The number of methoxy groups -OCH3 is 1. The SMILES string of the molecule is CCNCc1sc(-c2ccncn2)nc1COC. The van der Waals surface area contributed by atoms with Gasteiger partial charge in [0, 0.05) is 24.7 Å². The molecule has 0 radical (unpaired) electrons. The molecule has 2 aromatic rings. The van der Waals surface area contributed by atoms with Crippen molar-refractivity contribution < 1.29 is 4.74 Å². The smallest absolute Gasteiger partial charge is 0.142 e. The molecule has 2 rings (SSSR count). The Hall–Kier alpha value is -1.37. The van der Waals surface area contributed by atoms with Crippen molar-refractivity contribution in [2.75, 3.05) is 13.7 Å². The molecule has 0 aliphatic carbocycles. The minimum absolute atomic E-state index is 0.530. The van der Waals surface area contributed by atoms with E-state index in [0.717, 1.165) is 29.5 Å². The molecule has 0 bridgehead atoms. The molecule has 18 heavy (non-hydrogen) atoms. The van der Waals surface area contributed by atoms with Crippen molar-refractivity contribution in [3.05, 3.63) is 29.2 Å². The molecular weight excluding hydrogens is 248 g/mol. The fraction of sp³-hybridized carbons (Fsp3) is 0.417. The van der Waals surface area contributed by atoms with Crippen molar-refractivity contribution in [2.24, 2.45) is 0 Å². The molecule has 0 amide bonds. The van der Waals surface area contributed by atoms with E-state index < -0.39 is 0 Å². The van der Waals surface area contributed by atoms with Gasteiger partial charge in [0.05, 0.1) is 12.3 Å². The van der Waals surface area contributed by atoms with Gasteiger partial charge in [-0.05, 0) is 12.6 Å². The fourth-order valence-corrected chi connectivity index (χ4v) is 2.55. The van der Waals surface area contributed by atoms with E-state index in [-0.39, 0.29) is 0 Å². The first kappa shape index (κ1) is 13.1. The van der Waals surface area contributed by atoms with E-state index in [1.165, 1.54) is 11.2 Å². The Bertz CT molecular complexity index is 486. The molecule has 0 atom stereocenters. The van der Waals surface area contributed by atoms with Crippen LogP contribution in [0, 0.1) is 0 Å². The van der Waals surface area contributed by atoms with Gasteiger partial charge in [-0.15, -0.1) is 11.3 Å². The summed E-state index contributed by atoms with van der Waals surface area (Å²) in [5, 5.41) is 4.22. The van der Waals surface area contributed by atoms with Gasteiger partial charge in [0.25, 0.3) is 0 Å². The van der Waals surface area contributed by atoms with Crippen LogP contribution in [-0.4, -0.2) is 28.6 Å².